The van der Waals surface area contributed by atoms with E-state index >= 15 is 0 Å². The summed E-state index contributed by atoms with van der Waals surface area (Å²) in [6.07, 6.45) is -6.84. The van der Waals surface area contributed by atoms with Gasteiger partial charge in [-0.05, 0) is 0 Å². The number of aliphatic hydroxyl groups is 5. The van der Waals surface area contributed by atoms with Gasteiger partial charge in [-0.15, -0.1) is 0 Å². The SMILES string of the molecule is C1CO1.O=C[C@H](O)[C@@H](O)[C@H](O)[C@H](O)CO. The molecule has 1 fully saturated rings. The number of epoxide rings is 1. The zero-order chi connectivity index (χ0) is 11.8. The number of rotatable bonds is 5. The number of carbonyl (C=O) groups is 1. The van der Waals surface area contributed by atoms with Crippen LogP contribution in [0.5, 0.6) is 0 Å². The van der Waals surface area contributed by atoms with Crippen molar-refractivity contribution >= 4 is 6.29 Å². The Labute approximate surface area is 86.5 Å². The van der Waals surface area contributed by atoms with E-state index in [1.165, 1.54) is 0 Å². The highest BCUT2D eigenvalue weighted by Gasteiger charge is 2.29. The second-order valence-corrected chi connectivity index (χ2v) is 2.97. The van der Waals surface area contributed by atoms with E-state index in [9.17, 15) is 4.79 Å². The van der Waals surface area contributed by atoms with Crippen LogP contribution < -0.4 is 0 Å². The summed E-state index contributed by atoms with van der Waals surface area (Å²) in [5.74, 6) is 0. The summed E-state index contributed by atoms with van der Waals surface area (Å²) in [7, 11) is 0. The van der Waals surface area contributed by atoms with Crippen LogP contribution in [0.15, 0.2) is 0 Å². The molecule has 0 spiro atoms. The average Bonchev–Trinajstić information content (AvgIpc) is 3.12. The van der Waals surface area contributed by atoms with Gasteiger partial charge >= 0.3 is 0 Å². The Kier molecular flexibility index (Phi) is 7.39. The molecule has 0 amide bonds. The lowest BCUT2D eigenvalue weighted by Crippen LogP contribution is -2.46. The van der Waals surface area contributed by atoms with E-state index in [1.807, 2.05) is 0 Å². The molecule has 0 bridgehead atoms. The summed E-state index contributed by atoms with van der Waals surface area (Å²) in [5, 5.41) is 43.5. The lowest BCUT2D eigenvalue weighted by molar-refractivity contribution is -0.136. The fraction of sp³-hybridized carbons (Fsp3) is 0.875. The highest BCUT2D eigenvalue weighted by molar-refractivity contribution is 5.56. The molecule has 0 saturated carbocycles. The molecule has 0 aromatic carbocycles. The first-order chi connectivity index (χ1) is 7.04. The van der Waals surface area contributed by atoms with E-state index in [2.05, 4.69) is 4.74 Å². The molecule has 1 aliphatic heterocycles. The summed E-state index contributed by atoms with van der Waals surface area (Å²) >= 11 is 0. The summed E-state index contributed by atoms with van der Waals surface area (Å²) in [5.41, 5.74) is 0. The maximum atomic E-state index is 9.90. The van der Waals surface area contributed by atoms with Gasteiger partial charge in [0.2, 0.25) is 0 Å². The molecule has 7 heteroatoms. The first-order valence-electron chi connectivity index (χ1n) is 4.40. The molecule has 90 valence electrons. The minimum absolute atomic E-state index is 0.0258. The van der Waals surface area contributed by atoms with Gasteiger partial charge in [0.25, 0.3) is 0 Å². The van der Waals surface area contributed by atoms with Crippen LogP contribution >= 0.6 is 0 Å². The second-order valence-electron chi connectivity index (χ2n) is 2.97. The van der Waals surface area contributed by atoms with E-state index < -0.39 is 31.0 Å². The van der Waals surface area contributed by atoms with Gasteiger partial charge in [0.15, 0.2) is 6.29 Å². The molecule has 0 unspecified atom stereocenters. The van der Waals surface area contributed by atoms with Gasteiger partial charge in [0, 0.05) is 0 Å². The van der Waals surface area contributed by atoms with E-state index in [1.54, 1.807) is 0 Å². The highest BCUT2D eigenvalue weighted by atomic mass is 16.6. The van der Waals surface area contributed by atoms with Crippen molar-refractivity contribution in [1.82, 2.24) is 0 Å². The van der Waals surface area contributed by atoms with Crippen molar-refractivity contribution in [2.24, 2.45) is 0 Å². The van der Waals surface area contributed by atoms with Gasteiger partial charge in [-0.25, -0.2) is 0 Å². The van der Waals surface area contributed by atoms with Crippen LogP contribution in [0.2, 0.25) is 0 Å². The third-order valence-electron chi connectivity index (χ3n) is 1.62. The zero-order valence-corrected chi connectivity index (χ0v) is 8.06. The number of aliphatic hydroxyl groups excluding tert-OH is 5. The lowest BCUT2D eigenvalue weighted by atomic mass is 10.0. The summed E-state index contributed by atoms with van der Waals surface area (Å²) < 4.78 is 4.50. The van der Waals surface area contributed by atoms with Crippen LogP contribution in [0.1, 0.15) is 0 Å². The Bertz CT molecular complexity index is 170. The molecule has 15 heavy (non-hydrogen) atoms. The largest absolute Gasteiger partial charge is 0.394 e. The van der Waals surface area contributed by atoms with Crippen LogP contribution in [0.3, 0.4) is 0 Å². The van der Waals surface area contributed by atoms with Gasteiger partial charge in [-0.2, -0.15) is 0 Å². The van der Waals surface area contributed by atoms with E-state index in [0.717, 1.165) is 13.2 Å². The number of hydrogen-bond donors (Lipinski definition) is 5. The Morgan fingerprint density at radius 3 is 1.87 bits per heavy atom. The predicted molar refractivity (Wildman–Crippen MR) is 48.0 cm³/mol. The molecule has 1 heterocycles. The molecule has 0 aromatic rings. The fourth-order valence-corrected chi connectivity index (χ4v) is 0.618. The summed E-state index contributed by atoms with van der Waals surface area (Å²) in [6, 6.07) is 0. The van der Waals surface area contributed by atoms with Crippen molar-refractivity contribution in [3.63, 3.8) is 0 Å². The van der Waals surface area contributed by atoms with Crippen LogP contribution in [0, 0.1) is 0 Å². The Morgan fingerprint density at radius 1 is 1.13 bits per heavy atom. The number of ether oxygens (including phenoxy) is 1. The first kappa shape index (κ1) is 14.4. The molecular weight excluding hydrogens is 208 g/mol. The van der Waals surface area contributed by atoms with E-state index in [4.69, 9.17) is 25.5 Å². The van der Waals surface area contributed by atoms with Crippen LogP contribution in [-0.2, 0) is 9.53 Å². The maximum Gasteiger partial charge on any atom is 0.151 e. The normalized spacial score (nSPS) is 21.7. The third-order valence-corrected chi connectivity index (χ3v) is 1.62. The van der Waals surface area contributed by atoms with Crippen molar-refractivity contribution in [2.45, 2.75) is 24.4 Å². The summed E-state index contributed by atoms with van der Waals surface area (Å²) in [4.78, 5) is 9.90. The van der Waals surface area contributed by atoms with E-state index in [-0.39, 0.29) is 6.29 Å². The molecule has 0 aliphatic carbocycles. The van der Waals surface area contributed by atoms with E-state index in [0.29, 0.717) is 0 Å². The molecule has 1 rings (SSSR count). The number of hydrogen-bond acceptors (Lipinski definition) is 7. The fourth-order valence-electron chi connectivity index (χ4n) is 0.618. The van der Waals surface area contributed by atoms with Crippen molar-refractivity contribution in [1.29, 1.82) is 0 Å². The molecule has 0 aromatic heterocycles. The van der Waals surface area contributed by atoms with Crippen LogP contribution in [0.25, 0.3) is 0 Å². The zero-order valence-electron chi connectivity index (χ0n) is 8.06. The Morgan fingerprint density at radius 2 is 1.60 bits per heavy atom. The topological polar surface area (TPSA) is 131 Å². The quantitative estimate of drug-likeness (QED) is 0.243. The number of carbonyl (C=O) groups excluding carboxylic acids is 1. The predicted octanol–water partition coefficient (Wildman–Crippen LogP) is -3.36. The Hall–Kier alpha value is -0.570. The molecule has 4 atom stereocenters. The Balaban J connectivity index is 0.000000548. The average molecular weight is 224 g/mol. The lowest BCUT2D eigenvalue weighted by Gasteiger charge is -2.22. The molecule has 1 aliphatic rings. The maximum absolute atomic E-state index is 9.90. The first-order valence-corrected chi connectivity index (χ1v) is 4.40. The van der Waals surface area contributed by atoms with Gasteiger partial charge < -0.3 is 35.1 Å². The minimum atomic E-state index is -1.79. The standard InChI is InChI=1S/C6H12O6.C2H4O/c7-1-3(9)5(11)6(12)4(10)2-8;1-2-3-1/h1,3-6,8-12H,2H2;1-2H2/t3-,4+,5+,6+;/m0./s1. The third kappa shape index (κ3) is 6.50. The van der Waals surface area contributed by atoms with Gasteiger partial charge in [-0.1, -0.05) is 0 Å². The van der Waals surface area contributed by atoms with Crippen LogP contribution in [-0.4, -0.2) is 76.1 Å². The van der Waals surface area contributed by atoms with Crippen molar-refractivity contribution in [3.05, 3.63) is 0 Å². The molecule has 5 N–H and O–H groups in total. The monoisotopic (exact) mass is 224 g/mol. The van der Waals surface area contributed by atoms with Crippen molar-refractivity contribution < 1.29 is 35.1 Å². The molecule has 0 radical (unpaired) electrons. The minimum Gasteiger partial charge on any atom is -0.394 e. The molecular formula is C8H16O7. The number of aldehydes is 1. The van der Waals surface area contributed by atoms with Gasteiger partial charge in [-0.3, -0.25) is 0 Å². The van der Waals surface area contributed by atoms with Crippen molar-refractivity contribution in [3.8, 4) is 0 Å². The van der Waals surface area contributed by atoms with Crippen molar-refractivity contribution in [2.75, 3.05) is 19.8 Å². The molecule has 7 nitrogen and oxygen atoms in total. The smallest absolute Gasteiger partial charge is 0.151 e. The van der Waals surface area contributed by atoms with Gasteiger partial charge in [0.1, 0.15) is 24.4 Å². The second kappa shape index (κ2) is 7.69. The summed E-state index contributed by atoms with van der Waals surface area (Å²) in [6.45, 7) is 1.24. The van der Waals surface area contributed by atoms with Crippen LogP contribution in [0.4, 0.5) is 0 Å². The van der Waals surface area contributed by atoms with Gasteiger partial charge in [0.05, 0.1) is 19.8 Å². The molecule has 1 saturated heterocycles. The highest BCUT2D eigenvalue weighted by Crippen LogP contribution is 2.02.